The highest BCUT2D eigenvalue weighted by Gasteiger charge is 2.30. The molecule has 2 aromatic rings. The second kappa shape index (κ2) is 6.66. The lowest BCUT2D eigenvalue weighted by Gasteiger charge is -2.26. The third-order valence-electron chi connectivity index (χ3n) is 3.56. The topological polar surface area (TPSA) is 32.7 Å². The van der Waals surface area contributed by atoms with E-state index in [9.17, 15) is 13.2 Å². The first-order valence-electron chi connectivity index (χ1n) is 7.07. The van der Waals surface area contributed by atoms with Gasteiger partial charge in [-0.15, -0.1) is 11.3 Å². The van der Waals surface area contributed by atoms with E-state index in [1.54, 1.807) is 4.90 Å². The Morgan fingerprint density at radius 3 is 2.54 bits per heavy atom. The Morgan fingerprint density at radius 1 is 1.21 bits per heavy atom. The van der Waals surface area contributed by atoms with Crippen LogP contribution < -0.4 is 14.5 Å². The maximum atomic E-state index is 12.6. The molecule has 1 N–H and O–H groups in total. The summed E-state index contributed by atoms with van der Waals surface area (Å²) in [6, 6.07) is 6.41. The summed E-state index contributed by atoms with van der Waals surface area (Å²) < 4.78 is 44.5. The predicted octanol–water partition coefficient (Wildman–Crippen LogP) is 2.57. The van der Waals surface area contributed by atoms with Gasteiger partial charge in [0.05, 0.1) is 23.2 Å². The van der Waals surface area contributed by atoms with Crippen LogP contribution in [0, 0.1) is 0 Å². The van der Waals surface area contributed by atoms with Gasteiger partial charge in [0.2, 0.25) is 0 Å². The molecule has 0 saturated carbocycles. The van der Waals surface area contributed by atoms with Crippen LogP contribution in [-0.4, -0.2) is 29.7 Å². The predicted molar refractivity (Wildman–Crippen MR) is 87.0 cm³/mol. The van der Waals surface area contributed by atoms with Crippen molar-refractivity contribution in [1.29, 1.82) is 0 Å². The maximum absolute atomic E-state index is 12.6. The van der Waals surface area contributed by atoms with Gasteiger partial charge >= 0.3 is 6.18 Å². The minimum absolute atomic E-state index is 0.0650. The standard InChI is InChI=1S/C16H13ClF3NO2S/c17-15-14-12(5-8-24-14)13(9-21(15)6-7-22)23-11-3-1-10(2-4-11)16(18,19)20/h1-5,8,22H,6-7,9H2. The summed E-state index contributed by atoms with van der Waals surface area (Å²) in [6.45, 7) is 0.616. The lowest BCUT2D eigenvalue weighted by Crippen LogP contribution is -2.41. The van der Waals surface area contributed by atoms with Gasteiger partial charge < -0.3 is 14.7 Å². The Morgan fingerprint density at radius 2 is 1.92 bits per heavy atom. The monoisotopic (exact) mass is 375 g/mol. The number of aliphatic hydroxyl groups excluding tert-OH is 1. The van der Waals surface area contributed by atoms with Gasteiger partial charge in [-0.2, -0.15) is 13.2 Å². The minimum Gasteiger partial charge on any atom is -0.459 e. The summed E-state index contributed by atoms with van der Waals surface area (Å²) in [6.07, 6.45) is -4.38. The van der Waals surface area contributed by atoms with Gasteiger partial charge in [-0.3, -0.25) is 0 Å². The quantitative estimate of drug-likeness (QED) is 0.834. The lowest BCUT2D eigenvalue weighted by atomic mass is 10.2. The fourth-order valence-corrected chi connectivity index (χ4v) is 3.65. The van der Waals surface area contributed by atoms with E-state index in [0.29, 0.717) is 29.8 Å². The van der Waals surface area contributed by atoms with Crippen LogP contribution in [-0.2, 0) is 6.18 Å². The molecule has 0 unspecified atom stereocenters. The van der Waals surface area contributed by atoms with Gasteiger partial charge in [0, 0.05) is 11.8 Å². The number of hydrogen-bond acceptors (Lipinski definition) is 4. The van der Waals surface area contributed by atoms with E-state index in [0.717, 1.165) is 21.9 Å². The van der Waals surface area contributed by atoms with Crippen molar-refractivity contribution in [1.82, 2.24) is 4.90 Å². The lowest BCUT2D eigenvalue weighted by molar-refractivity contribution is -0.137. The summed E-state index contributed by atoms with van der Waals surface area (Å²) in [4.78, 5) is 1.76. The van der Waals surface area contributed by atoms with E-state index < -0.39 is 11.7 Å². The molecule has 1 aromatic carbocycles. The van der Waals surface area contributed by atoms with E-state index in [1.807, 2.05) is 11.4 Å². The second-order valence-corrected chi connectivity index (χ2v) is 6.42. The van der Waals surface area contributed by atoms with Crippen LogP contribution in [0.1, 0.15) is 5.56 Å². The van der Waals surface area contributed by atoms with E-state index in [4.69, 9.17) is 21.4 Å². The van der Waals surface area contributed by atoms with Gasteiger partial charge in [0.25, 0.3) is 0 Å². The Kier molecular flexibility index (Phi) is 4.76. The molecule has 24 heavy (non-hydrogen) atoms. The van der Waals surface area contributed by atoms with Crippen molar-refractivity contribution in [3.05, 3.63) is 51.0 Å². The maximum Gasteiger partial charge on any atom is 0.416 e. The highest BCUT2D eigenvalue weighted by Crippen LogP contribution is 2.30. The molecule has 1 aliphatic heterocycles. The molecule has 0 aliphatic carbocycles. The Balaban J connectivity index is 1.94. The molecule has 0 bridgehead atoms. The SMILES string of the molecule is OCCN1CC(Oc2ccc(C(F)(F)F)cc2)=c2ccsc2=C1Cl. The van der Waals surface area contributed by atoms with E-state index in [1.165, 1.54) is 23.5 Å². The Hall–Kier alpha value is -1.70. The Labute approximate surface area is 144 Å². The number of halogens is 4. The molecule has 0 amide bonds. The van der Waals surface area contributed by atoms with Crippen LogP contribution in [0.25, 0.3) is 10.9 Å². The zero-order valence-corrected chi connectivity index (χ0v) is 13.9. The molecule has 1 aliphatic rings. The van der Waals surface area contributed by atoms with Crippen LogP contribution in [0.5, 0.6) is 5.75 Å². The van der Waals surface area contributed by atoms with E-state index in [2.05, 4.69) is 0 Å². The summed E-state index contributed by atoms with van der Waals surface area (Å²) in [7, 11) is 0. The average Bonchev–Trinajstić information content (AvgIpc) is 3.02. The fourth-order valence-electron chi connectivity index (χ4n) is 2.40. The van der Waals surface area contributed by atoms with Crippen molar-refractivity contribution in [2.24, 2.45) is 0 Å². The molecule has 1 aromatic heterocycles. The molecule has 8 heteroatoms. The number of ether oxygens (including phenoxy) is 1. The molecule has 0 atom stereocenters. The molecule has 3 nitrogen and oxygen atoms in total. The van der Waals surface area contributed by atoms with Gasteiger partial charge in [0.15, 0.2) is 0 Å². The normalized spacial score (nSPS) is 14.8. The minimum atomic E-state index is -4.38. The van der Waals surface area contributed by atoms with Crippen molar-refractivity contribution in [3.8, 4) is 5.75 Å². The number of β-amino-alcohol motifs (C(OH)–C–C–N with tert-alkyl or cyclic N) is 1. The number of fused-ring (bicyclic) bond motifs is 1. The molecule has 2 heterocycles. The first-order chi connectivity index (χ1) is 11.4. The van der Waals surface area contributed by atoms with Crippen molar-refractivity contribution < 1.29 is 23.0 Å². The fraction of sp³-hybridized carbons (Fsp3) is 0.250. The molecular weight excluding hydrogens is 363 g/mol. The zero-order valence-electron chi connectivity index (χ0n) is 12.3. The van der Waals surface area contributed by atoms with Crippen LogP contribution in [0.3, 0.4) is 0 Å². The average molecular weight is 376 g/mol. The highest BCUT2D eigenvalue weighted by molar-refractivity contribution is 7.08. The molecule has 128 valence electrons. The zero-order chi connectivity index (χ0) is 17.3. The van der Waals surface area contributed by atoms with Crippen LogP contribution in [0.15, 0.2) is 35.7 Å². The summed E-state index contributed by atoms with van der Waals surface area (Å²) >= 11 is 7.76. The number of benzene rings is 1. The van der Waals surface area contributed by atoms with Crippen LogP contribution >= 0.6 is 22.9 Å². The van der Waals surface area contributed by atoms with Crippen LogP contribution in [0.4, 0.5) is 13.2 Å². The molecule has 0 spiro atoms. The second-order valence-electron chi connectivity index (χ2n) is 5.15. The first kappa shape index (κ1) is 17.1. The Bertz CT molecular complexity index is 845. The number of thiophene rings is 1. The number of rotatable bonds is 4. The largest absolute Gasteiger partial charge is 0.459 e. The molecule has 0 fully saturated rings. The number of hydrogen-bond donors (Lipinski definition) is 1. The van der Waals surface area contributed by atoms with Gasteiger partial charge in [-0.05, 0) is 35.7 Å². The summed E-state index contributed by atoms with van der Waals surface area (Å²) in [5, 5.41) is 12.4. The number of alkyl halides is 3. The van der Waals surface area contributed by atoms with Crippen molar-refractivity contribution in [2.45, 2.75) is 6.18 Å². The van der Waals surface area contributed by atoms with Gasteiger partial charge in [-0.25, -0.2) is 0 Å². The van der Waals surface area contributed by atoms with Crippen molar-refractivity contribution in [3.63, 3.8) is 0 Å². The molecule has 3 rings (SSSR count). The summed E-state index contributed by atoms with van der Waals surface area (Å²) in [5.41, 5.74) is -0.724. The highest BCUT2D eigenvalue weighted by atomic mass is 35.5. The number of nitrogens with zero attached hydrogens (tertiary/aromatic N) is 1. The van der Waals surface area contributed by atoms with Crippen molar-refractivity contribution >= 4 is 33.9 Å². The molecule has 0 saturated heterocycles. The molecular formula is C16H13ClF3NO2S. The summed E-state index contributed by atoms with van der Waals surface area (Å²) in [5.74, 6) is 0.904. The van der Waals surface area contributed by atoms with E-state index >= 15 is 0 Å². The molecule has 0 radical (unpaired) electrons. The third kappa shape index (κ3) is 3.38. The van der Waals surface area contributed by atoms with Crippen LogP contribution in [0.2, 0.25) is 0 Å². The van der Waals surface area contributed by atoms with Gasteiger partial charge in [0.1, 0.15) is 16.7 Å². The van der Waals surface area contributed by atoms with Gasteiger partial charge in [-0.1, -0.05) is 11.6 Å². The third-order valence-corrected chi connectivity index (χ3v) is 5.02. The number of aliphatic hydroxyl groups is 1. The van der Waals surface area contributed by atoms with Crippen molar-refractivity contribution in [2.75, 3.05) is 19.7 Å². The van der Waals surface area contributed by atoms with E-state index in [-0.39, 0.29) is 6.61 Å². The first-order valence-corrected chi connectivity index (χ1v) is 8.33. The smallest absolute Gasteiger partial charge is 0.416 e.